The van der Waals surface area contributed by atoms with Gasteiger partial charge in [0.05, 0.1) is 25.1 Å². The molecule has 0 fully saturated rings. The van der Waals surface area contributed by atoms with Gasteiger partial charge in [0.1, 0.15) is 12.1 Å². The molecule has 0 saturated heterocycles. The number of nitrogens with zero attached hydrogens (tertiary/aromatic N) is 4. The fourth-order valence-electron chi connectivity index (χ4n) is 3.47. The molecule has 4 rings (SSSR count). The van der Waals surface area contributed by atoms with Crippen LogP contribution in [0.3, 0.4) is 0 Å². The highest BCUT2D eigenvalue weighted by atomic mass is 32.1. The van der Waals surface area contributed by atoms with E-state index in [-0.39, 0.29) is 22.7 Å². The van der Waals surface area contributed by atoms with Crippen LogP contribution < -0.4 is 20.2 Å². The summed E-state index contributed by atoms with van der Waals surface area (Å²) < 4.78 is 61.2. The number of methoxy groups -OCH3 is 1. The van der Waals surface area contributed by atoms with Crippen molar-refractivity contribution in [2.75, 3.05) is 7.11 Å². The summed E-state index contributed by atoms with van der Waals surface area (Å²) in [6, 6.07) is 16.9. The fourth-order valence-corrected chi connectivity index (χ4v) is 3.70. The van der Waals surface area contributed by atoms with Crippen molar-refractivity contribution in [2.45, 2.75) is 19.3 Å². The number of hydrazone groups is 1. The van der Waals surface area contributed by atoms with Gasteiger partial charge in [-0.3, -0.25) is 5.43 Å². The molecule has 1 heterocycles. The first kappa shape index (κ1) is 27.5. The van der Waals surface area contributed by atoms with Crippen molar-refractivity contribution >= 4 is 23.5 Å². The zero-order chi connectivity index (χ0) is 28.0. The van der Waals surface area contributed by atoms with Gasteiger partial charge in [0, 0.05) is 5.56 Å². The number of nitrogens with one attached hydrogen (secondary N) is 2. The van der Waals surface area contributed by atoms with Crippen LogP contribution in [0.2, 0.25) is 0 Å². The van der Waals surface area contributed by atoms with Crippen LogP contribution >= 0.6 is 12.2 Å². The highest BCUT2D eigenvalue weighted by molar-refractivity contribution is 7.80. The van der Waals surface area contributed by atoms with E-state index in [1.54, 1.807) is 30.5 Å². The minimum absolute atomic E-state index is 0.166. The molecule has 2 N–H and O–H groups in total. The highest BCUT2D eigenvalue weighted by Crippen LogP contribution is 2.24. The Bertz CT molecular complexity index is 1460. The average molecular weight is 559 g/mol. The molecule has 0 spiro atoms. The van der Waals surface area contributed by atoms with Crippen molar-refractivity contribution in [2.24, 2.45) is 5.10 Å². The van der Waals surface area contributed by atoms with E-state index < -0.39 is 12.2 Å². The van der Waals surface area contributed by atoms with Crippen LogP contribution in [0.15, 0.2) is 78.2 Å². The standard InChI is InChI=1S/C26H22F4N6O2S/c1-16(19-7-12-23(37-2)22(27)13-19)33-25(39)34-32-14-17-3-5-18(6-4-17)24-31-15-36(35-24)20-8-10-21(11-9-20)38-26(28,29)30/h3-16H,1-2H3,(H2,33,34,39). The first-order chi connectivity index (χ1) is 18.6. The molecule has 0 aliphatic rings. The molecule has 0 saturated carbocycles. The molecule has 1 atom stereocenters. The van der Waals surface area contributed by atoms with Gasteiger partial charge in [-0.15, -0.1) is 18.3 Å². The van der Waals surface area contributed by atoms with Gasteiger partial charge < -0.3 is 14.8 Å². The topological polar surface area (TPSA) is 85.6 Å². The second-order valence-electron chi connectivity index (χ2n) is 8.14. The Morgan fingerprint density at radius 1 is 1.08 bits per heavy atom. The lowest BCUT2D eigenvalue weighted by Gasteiger charge is -2.16. The third-order valence-electron chi connectivity index (χ3n) is 5.40. The lowest BCUT2D eigenvalue weighted by molar-refractivity contribution is -0.274. The van der Waals surface area contributed by atoms with Crippen molar-refractivity contribution in [3.63, 3.8) is 0 Å². The minimum Gasteiger partial charge on any atom is -0.494 e. The van der Waals surface area contributed by atoms with Gasteiger partial charge in [-0.1, -0.05) is 30.3 Å². The van der Waals surface area contributed by atoms with Crippen LogP contribution in [0.5, 0.6) is 11.5 Å². The second-order valence-corrected chi connectivity index (χ2v) is 8.54. The zero-order valence-electron chi connectivity index (χ0n) is 20.6. The molecule has 39 heavy (non-hydrogen) atoms. The fraction of sp³-hybridized carbons (Fsp3) is 0.154. The summed E-state index contributed by atoms with van der Waals surface area (Å²) in [4.78, 5) is 4.27. The van der Waals surface area contributed by atoms with Gasteiger partial charge in [0.2, 0.25) is 0 Å². The number of benzene rings is 3. The Hall–Kier alpha value is -4.52. The monoisotopic (exact) mass is 558 g/mol. The lowest BCUT2D eigenvalue weighted by Crippen LogP contribution is -2.34. The maximum absolute atomic E-state index is 13.9. The first-order valence-corrected chi connectivity index (χ1v) is 11.8. The smallest absolute Gasteiger partial charge is 0.494 e. The third-order valence-corrected chi connectivity index (χ3v) is 5.61. The quantitative estimate of drug-likeness (QED) is 0.127. The van der Waals surface area contributed by atoms with Crippen molar-refractivity contribution in [3.8, 4) is 28.6 Å². The summed E-state index contributed by atoms with van der Waals surface area (Å²) >= 11 is 5.25. The number of aromatic nitrogens is 3. The van der Waals surface area contributed by atoms with Crippen molar-refractivity contribution in [1.82, 2.24) is 25.5 Å². The molecular formula is C26H22F4N6O2S. The molecule has 3 aromatic carbocycles. The van der Waals surface area contributed by atoms with E-state index in [2.05, 4.69) is 30.7 Å². The van der Waals surface area contributed by atoms with Crippen LogP contribution in [0.4, 0.5) is 17.6 Å². The Morgan fingerprint density at radius 3 is 2.44 bits per heavy atom. The molecule has 8 nitrogen and oxygen atoms in total. The van der Waals surface area contributed by atoms with Gasteiger partial charge in [0.15, 0.2) is 22.5 Å². The Morgan fingerprint density at radius 2 is 1.79 bits per heavy atom. The molecule has 0 amide bonds. The summed E-state index contributed by atoms with van der Waals surface area (Å²) in [5.41, 5.74) is 5.45. The van der Waals surface area contributed by atoms with Gasteiger partial charge in [-0.05, 0) is 66.7 Å². The van der Waals surface area contributed by atoms with Crippen LogP contribution in [0, 0.1) is 5.82 Å². The summed E-state index contributed by atoms with van der Waals surface area (Å²) in [5.74, 6) is -0.183. The number of thiocarbonyl (C=S) groups is 1. The summed E-state index contributed by atoms with van der Waals surface area (Å²) in [5, 5.41) is 11.8. The number of halogens is 4. The molecule has 13 heteroatoms. The normalized spacial score (nSPS) is 12.3. The molecule has 0 radical (unpaired) electrons. The summed E-state index contributed by atoms with van der Waals surface area (Å²) in [7, 11) is 1.40. The van der Waals surface area contributed by atoms with Gasteiger partial charge in [0.25, 0.3) is 0 Å². The van der Waals surface area contributed by atoms with Crippen molar-refractivity contribution < 1.29 is 27.0 Å². The van der Waals surface area contributed by atoms with E-state index in [4.69, 9.17) is 17.0 Å². The van der Waals surface area contributed by atoms with Crippen LogP contribution in [-0.4, -0.2) is 39.6 Å². The van der Waals surface area contributed by atoms with Crippen molar-refractivity contribution in [3.05, 3.63) is 90.0 Å². The average Bonchev–Trinajstić information content (AvgIpc) is 3.39. The number of hydrogen-bond acceptors (Lipinski definition) is 6. The van der Waals surface area contributed by atoms with Crippen LogP contribution in [0.1, 0.15) is 24.1 Å². The molecule has 4 aromatic rings. The lowest BCUT2D eigenvalue weighted by atomic mass is 10.1. The molecule has 1 unspecified atom stereocenters. The van der Waals surface area contributed by atoms with Gasteiger partial charge in [-0.2, -0.15) is 5.10 Å². The molecule has 202 valence electrons. The van der Waals surface area contributed by atoms with E-state index in [1.807, 2.05) is 19.1 Å². The number of rotatable bonds is 8. The Balaban J connectivity index is 1.31. The van der Waals surface area contributed by atoms with E-state index in [9.17, 15) is 17.6 Å². The number of hydrogen-bond donors (Lipinski definition) is 2. The summed E-state index contributed by atoms with van der Waals surface area (Å²) in [6.45, 7) is 1.84. The minimum atomic E-state index is -4.75. The molecule has 0 aliphatic carbocycles. The maximum atomic E-state index is 13.9. The molecule has 0 bridgehead atoms. The molecule has 1 aromatic heterocycles. The maximum Gasteiger partial charge on any atom is 0.573 e. The van der Waals surface area contributed by atoms with E-state index >= 15 is 0 Å². The summed E-state index contributed by atoms with van der Waals surface area (Å²) in [6.07, 6.45) is -1.72. The van der Waals surface area contributed by atoms with E-state index in [0.717, 1.165) is 11.1 Å². The van der Waals surface area contributed by atoms with Crippen LogP contribution in [0.25, 0.3) is 17.1 Å². The number of alkyl halides is 3. The second kappa shape index (κ2) is 11.9. The predicted octanol–water partition coefficient (Wildman–Crippen LogP) is 5.54. The number of ether oxygens (including phenoxy) is 2. The zero-order valence-corrected chi connectivity index (χ0v) is 21.4. The first-order valence-electron chi connectivity index (χ1n) is 11.4. The largest absolute Gasteiger partial charge is 0.573 e. The highest BCUT2D eigenvalue weighted by Gasteiger charge is 2.31. The van der Waals surface area contributed by atoms with E-state index in [0.29, 0.717) is 17.1 Å². The Kier molecular flexibility index (Phi) is 8.39. The predicted molar refractivity (Wildman–Crippen MR) is 141 cm³/mol. The third kappa shape index (κ3) is 7.51. The SMILES string of the molecule is COc1ccc(C(C)NC(=S)NN=Cc2ccc(-c3ncn(-c4ccc(OC(F)(F)F)cc4)n3)cc2)cc1F. The van der Waals surface area contributed by atoms with Crippen LogP contribution in [-0.2, 0) is 0 Å². The van der Waals surface area contributed by atoms with Gasteiger partial charge in [-0.25, -0.2) is 14.1 Å². The van der Waals surface area contributed by atoms with Gasteiger partial charge >= 0.3 is 6.36 Å². The Labute approximate surface area is 226 Å². The molecule has 0 aliphatic heterocycles. The molecular weight excluding hydrogens is 536 g/mol. The van der Waals surface area contributed by atoms with Crippen molar-refractivity contribution in [1.29, 1.82) is 0 Å². The van der Waals surface area contributed by atoms with E-state index in [1.165, 1.54) is 48.5 Å².